The maximum absolute atomic E-state index is 10.7. The van der Waals surface area contributed by atoms with Crippen LogP contribution in [0.15, 0.2) is 12.3 Å². The van der Waals surface area contributed by atoms with Crippen molar-refractivity contribution >= 4 is 11.5 Å². The number of aryl methyl sites for hydroxylation is 1. The lowest BCUT2D eigenvalue weighted by atomic mass is 10.2. The normalized spacial score (nSPS) is 9.73. The smallest absolute Gasteiger partial charge is 0.258 e. The lowest BCUT2D eigenvalue weighted by molar-refractivity contribution is -0.492. The summed E-state index contributed by atoms with van der Waals surface area (Å²) in [4.78, 5) is 24.1. The Morgan fingerprint density at radius 3 is 2.47 bits per heavy atom. The third-order valence-corrected chi connectivity index (χ3v) is 1.84. The maximum Gasteiger partial charge on any atom is 0.320 e. The number of hydrogen-bond acceptors (Lipinski definition) is 5. The first-order chi connectivity index (χ1) is 6.95. The molecule has 0 amide bonds. The van der Waals surface area contributed by atoms with Crippen molar-refractivity contribution in [2.75, 3.05) is 12.1 Å². The summed E-state index contributed by atoms with van der Waals surface area (Å²) in [7, 11) is 1.11. The van der Waals surface area contributed by atoms with E-state index in [0.29, 0.717) is 10.6 Å². The summed E-state index contributed by atoms with van der Waals surface area (Å²) in [5, 5.41) is 20.9. The molecule has 0 spiro atoms. The van der Waals surface area contributed by atoms with E-state index < -0.39 is 9.96 Å². The van der Waals surface area contributed by atoms with Crippen molar-refractivity contribution in [2.24, 2.45) is 0 Å². The summed E-state index contributed by atoms with van der Waals surface area (Å²) < 4.78 is 0. The Bertz CT molecular complexity index is 419. The van der Waals surface area contributed by atoms with Crippen LogP contribution in [0.25, 0.3) is 0 Å². The van der Waals surface area contributed by atoms with E-state index in [9.17, 15) is 20.2 Å². The van der Waals surface area contributed by atoms with Gasteiger partial charge in [-0.1, -0.05) is 5.01 Å². The van der Waals surface area contributed by atoms with Gasteiger partial charge < -0.3 is 0 Å². The molecule has 0 aliphatic rings. The highest BCUT2D eigenvalue weighted by atomic mass is 16.7. The third-order valence-electron chi connectivity index (χ3n) is 1.84. The van der Waals surface area contributed by atoms with E-state index in [2.05, 4.69) is 4.98 Å². The van der Waals surface area contributed by atoms with Gasteiger partial charge in [0.15, 0.2) is 5.03 Å². The van der Waals surface area contributed by atoms with Crippen LogP contribution in [-0.2, 0) is 0 Å². The van der Waals surface area contributed by atoms with E-state index in [1.807, 2.05) is 0 Å². The predicted octanol–water partition coefficient (Wildman–Crippen LogP) is 0.926. The fraction of sp³-hybridized carbons (Fsp3) is 0.286. The first-order valence-electron chi connectivity index (χ1n) is 3.93. The molecule has 0 aliphatic heterocycles. The molecule has 0 bridgehead atoms. The monoisotopic (exact) mass is 212 g/mol. The molecule has 0 fully saturated rings. The van der Waals surface area contributed by atoms with Crippen LogP contribution in [0.2, 0.25) is 0 Å². The van der Waals surface area contributed by atoms with E-state index in [4.69, 9.17) is 0 Å². The summed E-state index contributed by atoms with van der Waals surface area (Å²) in [5.41, 5.74) is -0.0181. The van der Waals surface area contributed by atoms with Crippen LogP contribution in [0, 0.1) is 27.2 Å². The number of aromatic nitrogens is 1. The Morgan fingerprint density at radius 2 is 2.00 bits per heavy atom. The van der Waals surface area contributed by atoms with Gasteiger partial charge in [-0.05, 0) is 13.0 Å². The molecular weight excluding hydrogens is 204 g/mol. The number of hydrazine groups is 1. The quantitative estimate of drug-likeness (QED) is 0.545. The molecule has 8 heteroatoms. The van der Waals surface area contributed by atoms with Crippen molar-refractivity contribution in [3.05, 3.63) is 38.1 Å². The molecule has 8 nitrogen and oxygen atoms in total. The number of rotatable bonds is 3. The number of nitrogens with zero attached hydrogens (tertiary/aromatic N) is 4. The van der Waals surface area contributed by atoms with Gasteiger partial charge in [0, 0.05) is 11.8 Å². The number of pyridine rings is 1. The molecule has 0 atom stereocenters. The van der Waals surface area contributed by atoms with Gasteiger partial charge >= 0.3 is 5.69 Å². The average Bonchev–Trinajstić information content (AvgIpc) is 2.15. The lowest BCUT2D eigenvalue weighted by Gasteiger charge is -2.08. The molecule has 0 unspecified atom stereocenters. The van der Waals surface area contributed by atoms with Crippen LogP contribution in [-0.4, -0.2) is 22.0 Å². The molecule has 1 aromatic heterocycles. The van der Waals surface area contributed by atoms with Gasteiger partial charge in [-0.25, -0.2) is 15.1 Å². The largest absolute Gasteiger partial charge is 0.320 e. The van der Waals surface area contributed by atoms with Gasteiger partial charge in [0.1, 0.15) is 0 Å². The second-order valence-electron chi connectivity index (χ2n) is 2.82. The van der Waals surface area contributed by atoms with Gasteiger partial charge in [-0.2, -0.15) is 0 Å². The SMILES string of the molecule is Cc1ccnc(N(C)[N+](=O)[O-])c1[N+](=O)[O-]. The highest BCUT2D eigenvalue weighted by molar-refractivity contribution is 5.59. The zero-order valence-corrected chi connectivity index (χ0v) is 8.08. The number of hydrogen-bond donors (Lipinski definition) is 0. The zero-order valence-electron chi connectivity index (χ0n) is 8.08. The van der Waals surface area contributed by atoms with Gasteiger partial charge in [-0.3, -0.25) is 10.1 Å². The molecule has 80 valence electrons. The van der Waals surface area contributed by atoms with Crippen molar-refractivity contribution in [1.29, 1.82) is 0 Å². The average molecular weight is 212 g/mol. The Morgan fingerprint density at radius 1 is 1.40 bits per heavy atom. The molecule has 1 heterocycles. The van der Waals surface area contributed by atoms with E-state index in [1.54, 1.807) is 0 Å². The second kappa shape index (κ2) is 3.86. The highest BCUT2D eigenvalue weighted by Gasteiger charge is 2.26. The molecule has 0 N–H and O–H groups in total. The molecular formula is C7H8N4O4. The van der Waals surface area contributed by atoms with Crippen LogP contribution in [0.5, 0.6) is 0 Å². The van der Waals surface area contributed by atoms with E-state index >= 15 is 0 Å². The molecule has 1 aromatic rings. The fourth-order valence-corrected chi connectivity index (χ4v) is 1.08. The lowest BCUT2D eigenvalue weighted by Crippen LogP contribution is -2.26. The molecule has 15 heavy (non-hydrogen) atoms. The number of nitro groups is 2. The molecule has 0 saturated heterocycles. The molecule has 0 radical (unpaired) electrons. The summed E-state index contributed by atoms with van der Waals surface area (Å²) >= 11 is 0. The summed E-state index contributed by atoms with van der Waals surface area (Å²) in [5.74, 6) is -0.273. The minimum atomic E-state index is -0.769. The summed E-state index contributed by atoms with van der Waals surface area (Å²) in [6, 6.07) is 1.43. The Balaban J connectivity index is 3.35. The maximum atomic E-state index is 10.7. The van der Waals surface area contributed by atoms with Crippen LogP contribution >= 0.6 is 0 Å². The fourth-order valence-electron chi connectivity index (χ4n) is 1.08. The molecule has 0 aliphatic carbocycles. The van der Waals surface area contributed by atoms with Gasteiger partial charge in [0.2, 0.25) is 0 Å². The van der Waals surface area contributed by atoms with Crippen LogP contribution < -0.4 is 5.01 Å². The second-order valence-corrected chi connectivity index (χ2v) is 2.82. The van der Waals surface area contributed by atoms with Crippen molar-refractivity contribution in [2.45, 2.75) is 6.92 Å². The van der Waals surface area contributed by atoms with Crippen molar-refractivity contribution in [3.8, 4) is 0 Å². The van der Waals surface area contributed by atoms with E-state index in [1.165, 1.54) is 19.2 Å². The topological polar surface area (TPSA) is 102 Å². The minimum Gasteiger partial charge on any atom is -0.258 e. The van der Waals surface area contributed by atoms with Crippen molar-refractivity contribution in [3.63, 3.8) is 0 Å². The van der Waals surface area contributed by atoms with Crippen LogP contribution in [0.3, 0.4) is 0 Å². The summed E-state index contributed by atoms with van der Waals surface area (Å²) in [6.45, 7) is 1.50. The molecule has 0 saturated carbocycles. The number of anilines is 1. The minimum absolute atomic E-state index is 0.273. The molecule has 1 rings (SSSR count). The first-order valence-corrected chi connectivity index (χ1v) is 3.93. The van der Waals surface area contributed by atoms with Gasteiger partial charge in [-0.15, -0.1) is 0 Å². The molecule has 0 aromatic carbocycles. The van der Waals surface area contributed by atoms with Crippen molar-refractivity contribution < 1.29 is 9.96 Å². The van der Waals surface area contributed by atoms with Crippen molar-refractivity contribution in [1.82, 2.24) is 4.98 Å². The van der Waals surface area contributed by atoms with E-state index in [0.717, 1.165) is 7.05 Å². The van der Waals surface area contributed by atoms with Crippen LogP contribution in [0.1, 0.15) is 5.56 Å². The predicted molar refractivity (Wildman–Crippen MR) is 51.0 cm³/mol. The highest BCUT2D eigenvalue weighted by Crippen LogP contribution is 2.27. The Hall–Kier alpha value is -2.25. The zero-order chi connectivity index (χ0) is 11.6. The van der Waals surface area contributed by atoms with E-state index in [-0.39, 0.29) is 11.5 Å². The van der Waals surface area contributed by atoms with Crippen LogP contribution in [0.4, 0.5) is 11.5 Å². The van der Waals surface area contributed by atoms with Gasteiger partial charge in [0.25, 0.3) is 5.82 Å². The Kier molecular flexibility index (Phi) is 2.79. The Labute approximate surface area is 84.4 Å². The van der Waals surface area contributed by atoms with Gasteiger partial charge in [0.05, 0.1) is 12.0 Å². The standard InChI is InChI=1S/C7H8N4O4/c1-5-3-4-8-7(6(5)10(12)13)9(2)11(14)15/h3-4H,1-2H3. The third kappa shape index (κ3) is 1.98. The summed E-state index contributed by atoms with van der Waals surface area (Å²) in [6.07, 6.45) is 1.29. The first kappa shape index (κ1) is 10.8.